The van der Waals surface area contributed by atoms with E-state index in [1.54, 1.807) is 19.9 Å². The summed E-state index contributed by atoms with van der Waals surface area (Å²) in [5, 5.41) is 3.07. The third kappa shape index (κ3) is 5.01. The minimum Gasteiger partial charge on any atom is -0.462 e. The molecule has 26 heavy (non-hydrogen) atoms. The van der Waals surface area contributed by atoms with Gasteiger partial charge in [-0.2, -0.15) is 0 Å². The first kappa shape index (κ1) is 19.8. The summed E-state index contributed by atoms with van der Waals surface area (Å²) < 4.78 is 23.7. The molecule has 0 aliphatic rings. The number of ether oxygens (including phenoxy) is 2. The van der Waals surface area contributed by atoms with Crippen LogP contribution < -0.4 is 5.32 Å². The van der Waals surface area contributed by atoms with Crippen molar-refractivity contribution in [2.24, 2.45) is 0 Å². The number of nitrogens with one attached hydrogen (secondary N) is 1. The number of halogens is 2. The maximum absolute atomic E-state index is 13.2. The SMILES string of the molecule is CCOC(=O)c1cnc(CNc2ccc(F)cc2Br)c(C(=O)OCC)c1. The lowest BCUT2D eigenvalue weighted by Gasteiger charge is -2.12. The van der Waals surface area contributed by atoms with Crippen LogP contribution in [0.4, 0.5) is 10.1 Å². The smallest absolute Gasteiger partial charge is 0.340 e. The topological polar surface area (TPSA) is 77.5 Å². The zero-order chi connectivity index (χ0) is 19.1. The number of carbonyl (C=O) groups excluding carboxylic acids is 2. The van der Waals surface area contributed by atoms with E-state index in [0.29, 0.717) is 15.9 Å². The Morgan fingerprint density at radius 1 is 1.15 bits per heavy atom. The van der Waals surface area contributed by atoms with Gasteiger partial charge in [0.1, 0.15) is 5.82 Å². The summed E-state index contributed by atoms with van der Waals surface area (Å²) in [6.45, 7) is 3.97. The average Bonchev–Trinajstić information content (AvgIpc) is 2.61. The van der Waals surface area contributed by atoms with Crippen molar-refractivity contribution >= 4 is 33.6 Å². The lowest BCUT2D eigenvalue weighted by Crippen LogP contribution is -2.15. The van der Waals surface area contributed by atoms with Gasteiger partial charge in [0.25, 0.3) is 0 Å². The molecule has 0 saturated heterocycles. The fourth-order valence-corrected chi connectivity index (χ4v) is 2.65. The third-order valence-corrected chi connectivity index (χ3v) is 4.01. The second kappa shape index (κ2) is 9.28. The van der Waals surface area contributed by atoms with E-state index in [2.05, 4.69) is 26.2 Å². The van der Waals surface area contributed by atoms with E-state index >= 15 is 0 Å². The molecule has 0 bridgehead atoms. The number of anilines is 1. The lowest BCUT2D eigenvalue weighted by atomic mass is 10.1. The predicted molar refractivity (Wildman–Crippen MR) is 97.6 cm³/mol. The molecule has 0 unspecified atom stereocenters. The van der Waals surface area contributed by atoms with Gasteiger partial charge in [0.15, 0.2) is 0 Å². The number of hydrogen-bond acceptors (Lipinski definition) is 6. The lowest BCUT2D eigenvalue weighted by molar-refractivity contribution is 0.0523. The van der Waals surface area contributed by atoms with Gasteiger partial charge in [-0.05, 0) is 54.0 Å². The van der Waals surface area contributed by atoms with Gasteiger partial charge in [-0.3, -0.25) is 4.98 Å². The van der Waals surface area contributed by atoms with Gasteiger partial charge in [-0.15, -0.1) is 0 Å². The van der Waals surface area contributed by atoms with E-state index in [1.165, 1.54) is 24.4 Å². The summed E-state index contributed by atoms with van der Waals surface area (Å²) in [4.78, 5) is 28.3. The Morgan fingerprint density at radius 3 is 2.50 bits per heavy atom. The highest BCUT2D eigenvalue weighted by molar-refractivity contribution is 9.10. The van der Waals surface area contributed by atoms with Gasteiger partial charge in [0, 0.05) is 16.4 Å². The van der Waals surface area contributed by atoms with Crippen LogP contribution in [-0.2, 0) is 16.0 Å². The molecular formula is C18H18BrFN2O4. The molecule has 2 rings (SSSR count). The quantitative estimate of drug-likeness (QED) is 0.677. The number of benzene rings is 1. The van der Waals surface area contributed by atoms with Gasteiger partial charge in [0.2, 0.25) is 0 Å². The summed E-state index contributed by atoms with van der Waals surface area (Å²) in [5.41, 5.74) is 1.37. The molecule has 1 heterocycles. The number of esters is 2. The first-order valence-corrected chi connectivity index (χ1v) is 8.77. The van der Waals surface area contributed by atoms with Crippen LogP contribution >= 0.6 is 15.9 Å². The highest BCUT2D eigenvalue weighted by atomic mass is 79.9. The van der Waals surface area contributed by atoms with Gasteiger partial charge in [0.05, 0.1) is 36.6 Å². The van der Waals surface area contributed by atoms with E-state index in [4.69, 9.17) is 9.47 Å². The van der Waals surface area contributed by atoms with Crippen molar-refractivity contribution in [3.8, 4) is 0 Å². The molecule has 0 radical (unpaired) electrons. The molecule has 0 aliphatic heterocycles. The van der Waals surface area contributed by atoms with E-state index in [0.717, 1.165) is 0 Å². The van der Waals surface area contributed by atoms with Crippen LogP contribution in [0.2, 0.25) is 0 Å². The Kier molecular flexibility index (Phi) is 7.08. The van der Waals surface area contributed by atoms with E-state index < -0.39 is 11.9 Å². The van der Waals surface area contributed by atoms with Crippen LogP contribution in [0.5, 0.6) is 0 Å². The Labute approximate surface area is 158 Å². The van der Waals surface area contributed by atoms with Gasteiger partial charge >= 0.3 is 11.9 Å². The van der Waals surface area contributed by atoms with Crippen molar-refractivity contribution in [3.63, 3.8) is 0 Å². The Morgan fingerprint density at radius 2 is 1.85 bits per heavy atom. The molecular weight excluding hydrogens is 407 g/mol. The molecule has 0 saturated carbocycles. The molecule has 0 atom stereocenters. The van der Waals surface area contributed by atoms with Crippen molar-refractivity contribution in [2.45, 2.75) is 20.4 Å². The first-order valence-electron chi connectivity index (χ1n) is 7.98. The molecule has 1 aromatic heterocycles. The number of pyridine rings is 1. The molecule has 0 aliphatic carbocycles. The molecule has 0 fully saturated rings. The minimum absolute atomic E-state index is 0.168. The number of hydrogen-bond donors (Lipinski definition) is 1. The zero-order valence-corrected chi connectivity index (χ0v) is 15.9. The number of aromatic nitrogens is 1. The van der Waals surface area contributed by atoms with Crippen LogP contribution in [0.25, 0.3) is 0 Å². The highest BCUT2D eigenvalue weighted by Gasteiger charge is 2.18. The highest BCUT2D eigenvalue weighted by Crippen LogP contribution is 2.24. The third-order valence-electron chi connectivity index (χ3n) is 3.35. The minimum atomic E-state index is -0.582. The molecule has 8 heteroatoms. The van der Waals surface area contributed by atoms with E-state index in [9.17, 15) is 14.0 Å². The second-order valence-corrected chi connectivity index (χ2v) is 5.99. The largest absolute Gasteiger partial charge is 0.462 e. The summed E-state index contributed by atoms with van der Waals surface area (Å²) in [6.07, 6.45) is 1.34. The van der Waals surface area contributed by atoms with E-state index in [-0.39, 0.29) is 36.7 Å². The first-order chi connectivity index (χ1) is 12.5. The standard InChI is InChI=1S/C18H18BrFN2O4/c1-3-25-17(23)11-7-13(18(24)26-4-2)16(21-9-11)10-22-15-6-5-12(20)8-14(15)19/h5-9,22H,3-4,10H2,1-2H3. The Hall–Kier alpha value is -2.48. The Bertz CT molecular complexity index is 814. The molecule has 0 spiro atoms. The fourth-order valence-electron chi connectivity index (χ4n) is 2.16. The summed E-state index contributed by atoms with van der Waals surface area (Å²) in [7, 11) is 0. The molecule has 6 nitrogen and oxygen atoms in total. The number of rotatable bonds is 7. The van der Waals surface area contributed by atoms with Crippen molar-refractivity contribution in [3.05, 3.63) is 57.6 Å². The summed E-state index contributed by atoms with van der Waals surface area (Å²) in [6, 6.07) is 5.61. The van der Waals surface area contributed by atoms with Gasteiger partial charge in [-0.25, -0.2) is 14.0 Å². The zero-order valence-electron chi connectivity index (χ0n) is 14.3. The number of carbonyl (C=O) groups is 2. The fraction of sp³-hybridized carbons (Fsp3) is 0.278. The van der Waals surface area contributed by atoms with Gasteiger partial charge < -0.3 is 14.8 Å². The average molecular weight is 425 g/mol. The van der Waals surface area contributed by atoms with Crippen molar-refractivity contribution in [1.29, 1.82) is 0 Å². The van der Waals surface area contributed by atoms with Crippen LogP contribution in [0.1, 0.15) is 40.3 Å². The van der Waals surface area contributed by atoms with E-state index in [1.807, 2.05) is 0 Å². The van der Waals surface area contributed by atoms with Crippen molar-refractivity contribution in [1.82, 2.24) is 4.98 Å². The van der Waals surface area contributed by atoms with Gasteiger partial charge in [-0.1, -0.05) is 0 Å². The molecule has 1 aromatic carbocycles. The maximum atomic E-state index is 13.2. The molecule has 138 valence electrons. The van der Waals surface area contributed by atoms with Crippen molar-refractivity contribution in [2.75, 3.05) is 18.5 Å². The second-order valence-electron chi connectivity index (χ2n) is 5.14. The van der Waals surface area contributed by atoms with Crippen molar-refractivity contribution < 1.29 is 23.5 Å². The summed E-state index contributed by atoms with van der Waals surface area (Å²) >= 11 is 3.27. The normalized spacial score (nSPS) is 10.3. The van der Waals surface area contributed by atoms with Crippen LogP contribution in [0.3, 0.4) is 0 Å². The monoisotopic (exact) mass is 424 g/mol. The van der Waals surface area contributed by atoms with Crippen LogP contribution in [0.15, 0.2) is 34.9 Å². The predicted octanol–water partition coefficient (Wildman–Crippen LogP) is 3.95. The molecule has 2 aromatic rings. The maximum Gasteiger partial charge on any atom is 0.340 e. The molecule has 1 N–H and O–H groups in total. The number of nitrogens with zero attached hydrogens (tertiary/aromatic N) is 1. The molecule has 0 amide bonds. The summed E-state index contributed by atoms with van der Waals surface area (Å²) in [5.74, 6) is -1.51. The van der Waals surface area contributed by atoms with Crippen LogP contribution in [0, 0.1) is 5.82 Å². The Balaban J connectivity index is 2.27. The van der Waals surface area contributed by atoms with Crippen LogP contribution in [-0.4, -0.2) is 30.1 Å².